The number of carbonyl (C=O) groups is 1. The van der Waals surface area contributed by atoms with Gasteiger partial charge in [-0.2, -0.15) is 0 Å². The van der Waals surface area contributed by atoms with Gasteiger partial charge in [0.2, 0.25) is 0 Å². The van der Waals surface area contributed by atoms with E-state index in [1.807, 2.05) is 0 Å². The lowest BCUT2D eigenvalue weighted by atomic mass is 10.3. The van der Waals surface area contributed by atoms with E-state index in [4.69, 9.17) is 23.2 Å². The van der Waals surface area contributed by atoms with Gasteiger partial charge < -0.3 is 10.6 Å². The van der Waals surface area contributed by atoms with Gasteiger partial charge in [0.05, 0.1) is 5.70 Å². The molecule has 0 saturated heterocycles. The molecule has 0 aliphatic carbocycles. The molecule has 1 aromatic rings. The van der Waals surface area contributed by atoms with Gasteiger partial charge >= 0.3 is 6.03 Å². The molecule has 0 aromatic heterocycles. The molecule has 0 unspecified atom stereocenters. The average molecular weight is 307 g/mol. The van der Waals surface area contributed by atoms with Crippen molar-refractivity contribution in [3.63, 3.8) is 0 Å². The Balaban J connectivity index is 2.75. The fraction of sp³-hybridized carbons (Fsp3) is 0.0833. The van der Waals surface area contributed by atoms with E-state index in [2.05, 4.69) is 10.6 Å². The van der Waals surface area contributed by atoms with Crippen LogP contribution in [0.2, 0.25) is 0 Å². The second-order valence-corrected chi connectivity index (χ2v) is 4.27. The van der Waals surface area contributed by atoms with Crippen LogP contribution in [-0.2, 0) is 0 Å². The van der Waals surface area contributed by atoms with Crippen molar-refractivity contribution in [2.24, 2.45) is 0 Å². The molecule has 1 rings (SSSR count). The fourth-order valence-electron chi connectivity index (χ4n) is 1.16. The van der Waals surface area contributed by atoms with E-state index in [9.17, 15) is 13.6 Å². The first-order valence-electron chi connectivity index (χ1n) is 5.10. The Labute approximate surface area is 118 Å². The smallest absolute Gasteiger partial charge is 0.308 e. The highest BCUT2D eigenvalue weighted by Gasteiger charge is 2.07. The topological polar surface area (TPSA) is 41.1 Å². The Bertz CT molecular complexity index is 541. The summed E-state index contributed by atoms with van der Waals surface area (Å²) in [5.74, 6) is -2.05. The van der Waals surface area contributed by atoms with Crippen molar-refractivity contribution < 1.29 is 13.6 Å². The molecule has 2 amide bonds. The van der Waals surface area contributed by atoms with Gasteiger partial charge in [-0.1, -0.05) is 23.2 Å². The second kappa shape index (κ2) is 7.11. The zero-order valence-electron chi connectivity index (χ0n) is 9.81. The molecular formula is C12H10Cl2F2N2O. The van der Waals surface area contributed by atoms with Gasteiger partial charge in [-0.3, -0.25) is 0 Å². The fourth-order valence-corrected chi connectivity index (χ4v) is 1.40. The van der Waals surface area contributed by atoms with Gasteiger partial charge in [0.25, 0.3) is 0 Å². The molecule has 102 valence electrons. The maximum Gasteiger partial charge on any atom is 0.323 e. The SMILES string of the molecule is CC(Cl)=C(C=CCl)NC(=O)Nc1ccc(F)c(F)c1. The summed E-state index contributed by atoms with van der Waals surface area (Å²) in [5, 5.41) is 5.05. The molecule has 0 bridgehead atoms. The Kier molecular flexibility index (Phi) is 5.79. The number of urea groups is 1. The molecule has 0 atom stereocenters. The monoisotopic (exact) mass is 306 g/mol. The maximum atomic E-state index is 12.9. The number of nitrogens with one attached hydrogen (secondary N) is 2. The summed E-state index contributed by atoms with van der Waals surface area (Å²) in [5.41, 5.74) is 1.58. The third kappa shape index (κ3) is 4.89. The first-order valence-corrected chi connectivity index (χ1v) is 5.91. The van der Waals surface area contributed by atoms with Crippen LogP contribution in [0.3, 0.4) is 0 Å². The van der Waals surface area contributed by atoms with E-state index >= 15 is 0 Å². The minimum atomic E-state index is -1.05. The molecule has 0 aliphatic heterocycles. The summed E-state index contributed by atoms with van der Waals surface area (Å²) >= 11 is 11.1. The lowest BCUT2D eigenvalue weighted by molar-refractivity contribution is 0.254. The van der Waals surface area contributed by atoms with E-state index in [-0.39, 0.29) is 11.4 Å². The highest BCUT2D eigenvalue weighted by Crippen LogP contribution is 2.13. The quantitative estimate of drug-likeness (QED) is 0.803. The largest absolute Gasteiger partial charge is 0.323 e. The first kappa shape index (κ1) is 15.5. The predicted octanol–water partition coefficient (Wildman–Crippen LogP) is 4.31. The number of amides is 2. The highest BCUT2D eigenvalue weighted by atomic mass is 35.5. The Morgan fingerprint density at radius 3 is 2.53 bits per heavy atom. The zero-order chi connectivity index (χ0) is 14.4. The number of hydrogen-bond acceptors (Lipinski definition) is 1. The summed E-state index contributed by atoms with van der Waals surface area (Å²) in [6.07, 6.45) is 1.38. The van der Waals surface area contributed by atoms with Gasteiger partial charge in [0, 0.05) is 22.3 Å². The molecule has 0 fully saturated rings. The van der Waals surface area contributed by atoms with E-state index in [1.54, 1.807) is 6.92 Å². The van der Waals surface area contributed by atoms with Crippen LogP contribution in [0.25, 0.3) is 0 Å². The molecule has 0 heterocycles. The number of halogens is 4. The number of rotatable bonds is 3. The van der Waals surface area contributed by atoms with Gasteiger partial charge in [-0.15, -0.1) is 0 Å². The molecule has 2 N–H and O–H groups in total. The van der Waals surface area contributed by atoms with Crippen molar-refractivity contribution in [2.75, 3.05) is 5.32 Å². The number of benzene rings is 1. The van der Waals surface area contributed by atoms with Gasteiger partial charge in [-0.05, 0) is 25.1 Å². The van der Waals surface area contributed by atoms with E-state index in [0.29, 0.717) is 5.03 Å². The molecule has 1 aromatic carbocycles. The molecule has 7 heteroatoms. The summed E-state index contributed by atoms with van der Waals surface area (Å²) in [7, 11) is 0. The minimum Gasteiger partial charge on any atom is -0.308 e. The average Bonchev–Trinajstić information content (AvgIpc) is 2.33. The van der Waals surface area contributed by atoms with Gasteiger partial charge in [0.1, 0.15) is 0 Å². The molecule has 0 saturated carbocycles. The van der Waals surface area contributed by atoms with E-state index in [1.165, 1.54) is 17.7 Å². The normalized spacial score (nSPS) is 12.3. The van der Waals surface area contributed by atoms with Crippen LogP contribution in [0, 0.1) is 11.6 Å². The second-order valence-electron chi connectivity index (χ2n) is 3.45. The molecule has 0 aliphatic rings. The third-order valence-electron chi connectivity index (χ3n) is 2.03. The maximum absolute atomic E-state index is 12.9. The number of hydrogen-bond donors (Lipinski definition) is 2. The summed E-state index contributed by atoms with van der Waals surface area (Å²) in [6.45, 7) is 1.56. The first-order chi connectivity index (χ1) is 8.93. The van der Waals surface area contributed by atoms with Crippen LogP contribution < -0.4 is 10.6 Å². The summed E-state index contributed by atoms with van der Waals surface area (Å²) < 4.78 is 25.6. The van der Waals surface area contributed by atoms with E-state index < -0.39 is 17.7 Å². The molecule has 19 heavy (non-hydrogen) atoms. The van der Waals surface area contributed by atoms with Crippen molar-refractivity contribution in [3.8, 4) is 0 Å². The molecule has 0 radical (unpaired) electrons. The lowest BCUT2D eigenvalue weighted by Crippen LogP contribution is -2.27. The van der Waals surface area contributed by atoms with Crippen molar-refractivity contribution in [3.05, 3.63) is 52.2 Å². The van der Waals surface area contributed by atoms with Crippen LogP contribution >= 0.6 is 23.2 Å². The van der Waals surface area contributed by atoms with E-state index in [0.717, 1.165) is 12.1 Å². The van der Waals surface area contributed by atoms with Gasteiger partial charge in [-0.25, -0.2) is 13.6 Å². The van der Waals surface area contributed by atoms with Crippen molar-refractivity contribution in [2.45, 2.75) is 6.92 Å². The molecular weight excluding hydrogens is 297 g/mol. The van der Waals surface area contributed by atoms with Crippen LogP contribution in [-0.4, -0.2) is 6.03 Å². The Hall–Kier alpha value is -1.59. The molecule has 0 spiro atoms. The third-order valence-corrected chi connectivity index (χ3v) is 2.36. The number of anilines is 1. The minimum absolute atomic E-state index is 0.109. The predicted molar refractivity (Wildman–Crippen MR) is 72.1 cm³/mol. The van der Waals surface area contributed by atoms with Gasteiger partial charge in [0.15, 0.2) is 11.6 Å². The standard InChI is InChI=1S/C12H10Cl2F2N2O/c1-7(14)11(4-5-13)18-12(19)17-8-2-3-9(15)10(16)6-8/h2-6H,1H3,(H2,17,18,19). The zero-order valence-corrected chi connectivity index (χ0v) is 11.3. The van der Waals surface area contributed by atoms with Crippen LogP contribution in [0.5, 0.6) is 0 Å². The Morgan fingerprint density at radius 1 is 1.32 bits per heavy atom. The van der Waals surface area contributed by atoms with Crippen LogP contribution in [0.1, 0.15) is 6.92 Å². The number of allylic oxidation sites excluding steroid dienone is 2. The van der Waals surface area contributed by atoms with Crippen molar-refractivity contribution in [1.82, 2.24) is 5.32 Å². The van der Waals surface area contributed by atoms with Crippen LogP contribution in [0.15, 0.2) is 40.5 Å². The summed E-state index contributed by atoms with van der Waals surface area (Å²) in [4.78, 5) is 11.6. The highest BCUT2D eigenvalue weighted by molar-refractivity contribution is 6.30. The summed E-state index contributed by atoms with van der Waals surface area (Å²) in [6, 6.07) is 2.35. The lowest BCUT2D eigenvalue weighted by Gasteiger charge is -2.09. The van der Waals surface area contributed by atoms with Crippen molar-refractivity contribution >= 4 is 34.9 Å². The van der Waals surface area contributed by atoms with Crippen LogP contribution in [0.4, 0.5) is 19.3 Å². The Morgan fingerprint density at radius 2 is 2.00 bits per heavy atom. The van der Waals surface area contributed by atoms with Crippen molar-refractivity contribution in [1.29, 1.82) is 0 Å². The molecule has 3 nitrogen and oxygen atoms in total. The number of carbonyl (C=O) groups excluding carboxylic acids is 1.